The minimum absolute atomic E-state index is 0.0562. The lowest BCUT2D eigenvalue weighted by Crippen LogP contribution is -2.31. The van der Waals surface area contributed by atoms with E-state index in [1.54, 1.807) is 29.2 Å². The molecule has 17 heavy (non-hydrogen) atoms. The molecule has 1 aromatic carbocycles. The highest BCUT2D eigenvalue weighted by molar-refractivity contribution is 6.03. The molecule has 4 heteroatoms. The highest BCUT2D eigenvalue weighted by Gasteiger charge is 2.16. The molecule has 0 aliphatic rings. The molecule has 0 spiro atoms. The maximum Gasteiger partial charge on any atom is 0.255 e. The number of hydrogen-bond acceptors (Lipinski definition) is 2. The monoisotopic (exact) mass is 234 g/mol. The van der Waals surface area contributed by atoms with Gasteiger partial charge >= 0.3 is 0 Å². The maximum atomic E-state index is 12.2. The number of hydrogen-bond donors (Lipinski definition) is 1. The molecule has 0 atom stereocenters. The summed E-state index contributed by atoms with van der Waals surface area (Å²) in [6.45, 7) is 6.61. The Kier molecular flexibility index (Phi) is 4.69. The number of carbonyl (C=O) groups excluding carboxylic acids is 2. The van der Waals surface area contributed by atoms with E-state index in [1.807, 2.05) is 13.8 Å². The van der Waals surface area contributed by atoms with E-state index in [9.17, 15) is 9.59 Å². The molecule has 2 amide bonds. The van der Waals surface area contributed by atoms with Crippen molar-refractivity contribution in [1.29, 1.82) is 0 Å². The third-order valence-corrected chi connectivity index (χ3v) is 2.52. The predicted octanol–water partition coefficient (Wildman–Crippen LogP) is 2.13. The van der Waals surface area contributed by atoms with E-state index >= 15 is 0 Å². The topological polar surface area (TPSA) is 49.4 Å². The lowest BCUT2D eigenvalue weighted by Gasteiger charge is -2.20. The molecule has 1 rings (SSSR count). The number of nitrogens with one attached hydrogen (secondary N) is 1. The lowest BCUT2D eigenvalue weighted by molar-refractivity contribution is -0.114. The normalized spacial score (nSPS) is 9.82. The fourth-order valence-electron chi connectivity index (χ4n) is 1.65. The fraction of sp³-hybridized carbons (Fsp3) is 0.385. The van der Waals surface area contributed by atoms with E-state index in [1.165, 1.54) is 6.92 Å². The van der Waals surface area contributed by atoms with Crippen LogP contribution in [0.15, 0.2) is 24.3 Å². The Hall–Kier alpha value is -1.84. The molecule has 1 N–H and O–H groups in total. The van der Waals surface area contributed by atoms with E-state index in [4.69, 9.17) is 0 Å². The predicted molar refractivity (Wildman–Crippen MR) is 68.0 cm³/mol. The molecule has 0 fully saturated rings. The molecule has 0 radical (unpaired) electrons. The molecule has 92 valence electrons. The summed E-state index contributed by atoms with van der Waals surface area (Å²) in [7, 11) is 0. The first-order valence-electron chi connectivity index (χ1n) is 5.76. The van der Waals surface area contributed by atoms with Crippen LogP contribution < -0.4 is 5.32 Å². The first-order valence-corrected chi connectivity index (χ1v) is 5.76. The fourth-order valence-corrected chi connectivity index (χ4v) is 1.65. The maximum absolute atomic E-state index is 12.2. The van der Waals surface area contributed by atoms with Gasteiger partial charge in [-0.15, -0.1) is 0 Å². The molecule has 0 bridgehead atoms. The molecular formula is C13H18N2O2. The van der Waals surface area contributed by atoms with Crippen LogP contribution in [0.2, 0.25) is 0 Å². The van der Waals surface area contributed by atoms with Crippen LogP contribution in [0.5, 0.6) is 0 Å². The minimum atomic E-state index is -0.176. The largest absolute Gasteiger partial charge is 0.339 e. The molecule has 1 aromatic rings. The van der Waals surface area contributed by atoms with E-state index in [0.29, 0.717) is 24.3 Å². The van der Waals surface area contributed by atoms with Crippen molar-refractivity contribution in [3.8, 4) is 0 Å². The first-order chi connectivity index (χ1) is 8.10. The molecule has 0 saturated heterocycles. The highest BCUT2D eigenvalue weighted by Crippen LogP contribution is 2.17. The summed E-state index contributed by atoms with van der Waals surface area (Å²) in [5.41, 5.74) is 1.10. The zero-order valence-electron chi connectivity index (χ0n) is 10.5. The zero-order chi connectivity index (χ0) is 12.8. The van der Waals surface area contributed by atoms with Crippen LogP contribution in [0.1, 0.15) is 31.1 Å². The van der Waals surface area contributed by atoms with Crippen molar-refractivity contribution in [3.05, 3.63) is 29.8 Å². The second kappa shape index (κ2) is 6.03. The van der Waals surface area contributed by atoms with E-state index in [0.717, 1.165) is 0 Å². The van der Waals surface area contributed by atoms with Gasteiger partial charge in [0.25, 0.3) is 5.91 Å². The van der Waals surface area contributed by atoms with Gasteiger partial charge in [0, 0.05) is 20.0 Å². The van der Waals surface area contributed by atoms with Crippen molar-refractivity contribution in [2.75, 3.05) is 18.4 Å². The summed E-state index contributed by atoms with van der Waals surface area (Å²) in [6, 6.07) is 7.05. The van der Waals surface area contributed by atoms with Crippen molar-refractivity contribution in [2.24, 2.45) is 0 Å². The number of rotatable bonds is 4. The molecule has 0 aromatic heterocycles. The standard InChI is InChI=1S/C13H18N2O2/c1-4-15(5-2)13(17)11-8-6-7-9-12(11)14-10(3)16/h6-9H,4-5H2,1-3H3,(H,14,16). The molecular weight excluding hydrogens is 216 g/mol. The van der Waals surface area contributed by atoms with Crippen molar-refractivity contribution in [1.82, 2.24) is 4.90 Å². The highest BCUT2D eigenvalue weighted by atomic mass is 16.2. The average molecular weight is 234 g/mol. The summed E-state index contributed by atoms with van der Waals surface area (Å²) in [4.78, 5) is 25.0. The van der Waals surface area contributed by atoms with Crippen LogP contribution in [0.4, 0.5) is 5.69 Å². The van der Waals surface area contributed by atoms with Gasteiger partial charge in [0.05, 0.1) is 11.3 Å². The van der Waals surface area contributed by atoms with Crippen LogP contribution in [-0.2, 0) is 4.79 Å². The smallest absolute Gasteiger partial charge is 0.255 e. The molecule has 0 unspecified atom stereocenters. The Morgan fingerprint density at radius 3 is 2.29 bits per heavy atom. The average Bonchev–Trinajstić information content (AvgIpc) is 2.30. The van der Waals surface area contributed by atoms with Gasteiger partial charge in [-0.25, -0.2) is 0 Å². The van der Waals surface area contributed by atoms with Gasteiger partial charge in [0.2, 0.25) is 5.91 Å². The van der Waals surface area contributed by atoms with E-state index in [2.05, 4.69) is 5.32 Å². The van der Waals surface area contributed by atoms with Gasteiger partial charge in [-0.3, -0.25) is 9.59 Å². The lowest BCUT2D eigenvalue weighted by atomic mass is 10.1. The van der Waals surface area contributed by atoms with Crippen molar-refractivity contribution in [3.63, 3.8) is 0 Å². The van der Waals surface area contributed by atoms with Crippen molar-refractivity contribution in [2.45, 2.75) is 20.8 Å². The third-order valence-electron chi connectivity index (χ3n) is 2.52. The van der Waals surface area contributed by atoms with Crippen LogP contribution >= 0.6 is 0 Å². The van der Waals surface area contributed by atoms with Gasteiger partial charge in [-0.05, 0) is 26.0 Å². The second-order valence-corrected chi connectivity index (χ2v) is 3.70. The summed E-state index contributed by atoms with van der Waals surface area (Å²) in [5, 5.41) is 2.67. The molecule has 0 aliphatic carbocycles. The van der Waals surface area contributed by atoms with Gasteiger partial charge in [0.1, 0.15) is 0 Å². The molecule has 0 aliphatic heterocycles. The van der Waals surface area contributed by atoms with Crippen LogP contribution in [0.25, 0.3) is 0 Å². The van der Waals surface area contributed by atoms with Crippen LogP contribution in [-0.4, -0.2) is 29.8 Å². The quantitative estimate of drug-likeness (QED) is 0.867. The third kappa shape index (κ3) is 3.31. The Bertz CT molecular complexity index is 412. The van der Waals surface area contributed by atoms with Gasteiger partial charge in [-0.1, -0.05) is 12.1 Å². The van der Waals surface area contributed by atoms with Crippen LogP contribution in [0.3, 0.4) is 0 Å². The number of amides is 2. The Morgan fingerprint density at radius 1 is 1.18 bits per heavy atom. The number of carbonyl (C=O) groups is 2. The number of benzene rings is 1. The molecule has 4 nitrogen and oxygen atoms in total. The summed E-state index contributed by atoms with van der Waals surface area (Å²) in [5.74, 6) is -0.232. The van der Waals surface area contributed by atoms with E-state index < -0.39 is 0 Å². The SMILES string of the molecule is CCN(CC)C(=O)c1ccccc1NC(C)=O. The Balaban J connectivity index is 3.03. The Morgan fingerprint density at radius 2 is 1.76 bits per heavy atom. The van der Waals surface area contributed by atoms with Crippen LogP contribution in [0, 0.1) is 0 Å². The van der Waals surface area contributed by atoms with E-state index in [-0.39, 0.29) is 11.8 Å². The zero-order valence-corrected chi connectivity index (χ0v) is 10.5. The second-order valence-electron chi connectivity index (χ2n) is 3.70. The Labute approximate surface area is 102 Å². The van der Waals surface area contributed by atoms with Gasteiger partial charge in [0.15, 0.2) is 0 Å². The van der Waals surface area contributed by atoms with Gasteiger partial charge < -0.3 is 10.2 Å². The molecule has 0 saturated carbocycles. The van der Waals surface area contributed by atoms with Crippen molar-refractivity contribution < 1.29 is 9.59 Å². The first kappa shape index (κ1) is 13.2. The summed E-state index contributed by atoms with van der Waals surface area (Å²) >= 11 is 0. The van der Waals surface area contributed by atoms with Crippen molar-refractivity contribution >= 4 is 17.5 Å². The number of anilines is 1. The summed E-state index contributed by atoms with van der Waals surface area (Å²) < 4.78 is 0. The summed E-state index contributed by atoms with van der Waals surface area (Å²) in [6.07, 6.45) is 0. The van der Waals surface area contributed by atoms with Gasteiger partial charge in [-0.2, -0.15) is 0 Å². The number of nitrogens with zero attached hydrogens (tertiary/aromatic N) is 1. The molecule has 0 heterocycles. The number of para-hydroxylation sites is 1. The minimum Gasteiger partial charge on any atom is -0.339 e.